The highest BCUT2D eigenvalue weighted by atomic mass is 19.1. The molecule has 0 aromatic carbocycles. The topological polar surface area (TPSA) is 42.0 Å². The van der Waals surface area contributed by atoms with Crippen molar-refractivity contribution in [2.75, 3.05) is 6.54 Å². The van der Waals surface area contributed by atoms with E-state index >= 15 is 0 Å². The van der Waals surface area contributed by atoms with Gasteiger partial charge in [-0.2, -0.15) is 4.39 Å². The number of amides is 1. The maximum Gasteiger partial charge on any atom is 0.252 e. The first kappa shape index (κ1) is 10.6. The Morgan fingerprint density at radius 1 is 1.57 bits per heavy atom. The molecule has 0 fully saturated rings. The first-order valence-electron chi connectivity index (χ1n) is 4.63. The van der Waals surface area contributed by atoms with Gasteiger partial charge in [0.25, 0.3) is 5.91 Å². The molecular weight excluding hydrogens is 183 g/mol. The van der Waals surface area contributed by atoms with Crippen LogP contribution in [0.25, 0.3) is 0 Å². The number of hydrogen-bond donors (Lipinski definition) is 1. The van der Waals surface area contributed by atoms with Gasteiger partial charge in [-0.1, -0.05) is 13.3 Å². The Kier molecular flexibility index (Phi) is 4.04. The van der Waals surface area contributed by atoms with E-state index in [-0.39, 0.29) is 5.91 Å². The van der Waals surface area contributed by atoms with Gasteiger partial charge in [0.2, 0.25) is 5.95 Å². The summed E-state index contributed by atoms with van der Waals surface area (Å²) in [5.74, 6) is -0.777. The molecule has 14 heavy (non-hydrogen) atoms. The van der Waals surface area contributed by atoms with Crippen LogP contribution in [0.1, 0.15) is 30.1 Å². The Bertz CT molecular complexity index is 297. The minimum absolute atomic E-state index is 0.203. The highest BCUT2D eigenvalue weighted by Crippen LogP contribution is 1.98. The Morgan fingerprint density at radius 3 is 2.93 bits per heavy atom. The Balaban J connectivity index is 2.48. The van der Waals surface area contributed by atoms with Crippen LogP contribution in [0.3, 0.4) is 0 Å². The molecule has 1 aromatic rings. The lowest BCUT2D eigenvalue weighted by atomic mass is 10.2. The number of unbranched alkanes of at least 4 members (excludes halogenated alkanes) is 1. The lowest BCUT2D eigenvalue weighted by Gasteiger charge is -2.02. The lowest BCUT2D eigenvalue weighted by molar-refractivity contribution is 0.0952. The van der Waals surface area contributed by atoms with Crippen LogP contribution >= 0.6 is 0 Å². The quantitative estimate of drug-likeness (QED) is 0.588. The van der Waals surface area contributed by atoms with Crippen LogP contribution in [0.2, 0.25) is 0 Å². The lowest BCUT2D eigenvalue weighted by Crippen LogP contribution is -2.24. The van der Waals surface area contributed by atoms with Gasteiger partial charge in [0.1, 0.15) is 0 Å². The van der Waals surface area contributed by atoms with Gasteiger partial charge in [-0.3, -0.25) is 4.79 Å². The number of nitrogens with one attached hydrogen (secondary N) is 1. The smallest absolute Gasteiger partial charge is 0.252 e. The number of aromatic nitrogens is 1. The van der Waals surface area contributed by atoms with Crippen LogP contribution in [0.15, 0.2) is 18.3 Å². The molecule has 1 N–H and O–H groups in total. The van der Waals surface area contributed by atoms with Crippen LogP contribution in [0, 0.1) is 5.95 Å². The maximum atomic E-state index is 12.4. The molecule has 0 atom stereocenters. The average molecular weight is 196 g/mol. The van der Waals surface area contributed by atoms with Crippen molar-refractivity contribution >= 4 is 5.91 Å². The fourth-order valence-corrected chi connectivity index (χ4v) is 0.991. The van der Waals surface area contributed by atoms with E-state index in [0.717, 1.165) is 12.8 Å². The predicted molar refractivity (Wildman–Crippen MR) is 51.4 cm³/mol. The second-order valence-electron chi connectivity index (χ2n) is 2.98. The normalized spacial score (nSPS) is 9.86. The number of nitrogens with zero attached hydrogens (tertiary/aromatic N) is 1. The summed E-state index contributed by atoms with van der Waals surface area (Å²) < 4.78 is 12.4. The van der Waals surface area contributed by atoms with Crippen molar-refractivity contribution in [3.8, 4) is 0 Å². The number of halogens is 1. The zero-order valence-electron chi connectivity index (χ0n) is 8.09. The summed E-state index contributed by atoms with van der Waals surface area (Å²) in [6.07, 6.45) is 3.21. The molecule has 4 heteroatoms. The number of rotatable bonds is 4. The molecule has 0 aliphatic carbocycles. The summed E-state index contributed by atoms with van der Waals surface area (Å²) in [5.41, 5.74) is 0.391. The molecule has 0 aliphatic heterocycles. The summed E-state index contributed by atoms with van der Waals surface area (Å²) in [5, 5.41) is 2.72. The zero-order valence-corrected chi connectivity index (χ0v) is 8.09. The molecule has 1 rings (SSSR count). The van der Waals surface area contributed by atoms with Gasteiger partial charge in [-0.15, -0.1) is 0 Å². The van der Waals surface area contributed by atoms with Gasteiger partial charge >= 0.3 is 0 Å². The van der Waals surface area contributed by atoms with Crippen molar-refractivity contribution < 1.29 is 9.18 Å². The van der Waals surface area contributed by atoms with Crippen molar-refractivity contribution in [2.24, 2.45) is 0 Å². The standard InChI is InChI=1S/C10H13FN2O/c1-2-3-6-12-10(14)8-4-5-9(11)13-7-8/h4-5,7H,2-3,6H2,1H3,(H,12,14). The van der Waals surface area contributed by atoms with E-state index in [4.69, 9.17) is 0 Å². The third-order valence-corrected chi connectivity index (χ3v) is 1.81. The molecule has 0 aliphatic rings. The number of carbonyl (C=O) groups is 1. The molecule has 0 radical (unpaired) electrons. The molecular formula is C10H13FN2O. The average Bonchev–Trinajstić information content (AvgIpc) is 2.19. The van der Waals surface area contributed by atoms with Gasteiger partial charge < -0.3 is 5.32 Å². The van der Waals surface area contributed by atoms with Crippen molar-refractivity contribution in [2.45, 2.75) is 19.8 Å². The molecule has 0 spiro atoms. The fraction of sp³-hybridized carbons (Fsp3) is 0.400. The summed E-state index contributed by atoms with van der Waals surface area (Å²) in [7, 11) is 0. The summed E-state index contributed by atoms with van der Waals surface area (Å²) in [6, 6.07) is 2.60. The number of carbonyl (C=O) groups excluding carboxylic acids is 1. The van der Waals surface area contributed by atoms with Crippen LogP contribution in [0.4, 0.5) is 4.39 Å². The molecule has 1 aromatic heterocycles. The molecule has 3 nitrogen and oxygen atoms in total. The van der Waals surface area contributed by atoms with Crippen molar-refractivity contribution in [1.82, 2.24) is 10.3 Å². The second kappa shape index (κ2) is 5.32. The van der Waals surface area contributed by atoms with Crippen LogP contribution < -0.4 is 5.32 Å². The summed E-state index contributed by atoms with van der Waals surface area (Å²) in [4.78, 5) is 14.8. The van der Waals surface area contributed by atoms with Gasteiger partial charge in [-0.25, -0.2) is 4.98 Å². The largest absolute Gasteiger partial charge is 0.352 e. The molecule has 76 valence electrons. The monoisotopic (exact) mass is 196 g/mol. The van der Waals surface area contributed by atoms with Crippen molar-refractivity contribution in [1.29, 1.82) is 0 Å². The predicted octanol–water partition coefficient (Wildman–Crippen LogP) is 1.75. The SMILES string of the molecule is CCCCNC(=O)c1ccc(F)nc1. The number of pyridine rings is 1. The maximum absolute atomic E-state index is 12.4. The van der Waals surface area contributed by atoms with E-state index in [1.807, 2.05) is 6.92 Å². The molecule has 0 bridgehead atoms. The molecule has 0 saturated heterocycles. The molecule has 0 saturated carbocycles. The van der Waals surface area contributed by atoms with E-state index in [1.165, 1.54) is 18.3 Å². The third kappa shape index (κ3) is 3.12. The Hall–Kier alpha value is -1.45. The van der Waals surface area contributed by atoms with Crippen LogP contribution in [0.5, 0.6) is 0 Å². The molecule has 1 amide bonds. The first-order valence-corrected chi connectivity index (χ1v) is 4.63. The third-order valence-electron chi connectivity index (χ3n) is 1.81. The van der Waals surface area contributed by atoms with E-state index in [1.54, 1.807) is 0 Å². The highest BCUT2D eigenvalue weighted by Gasteiger charge is 2.04. The van der Waals surface area contributed by atoms with Crippen molar-refractivity contribution in [3.63, 3.8) is 0 Å². The van der Waals surface area contributed by atoms with Crippen molar-refractivity contribution in [3.05, 3.63) is 29.8 Å². The van der Waals surface area contributed by atoms with Gasteiger partial charge in [0.15, 0.2) is 0 Å². The molecule has 1 heterocycles. The van der Waals surface area contributed by atoms with Gasteiger partial charge in [-0.05, 0) is 18.6 Å². The minimum Gasteiger partial charge on any atom is -0.352 e. The van der Waals surface area contributed by atoms with Crippen LogP contribution in [-0.4, -0.2) is 17.4 Å². The highest BCUT2D eigenvalue weighted by molar-refractivity contribution is 5.93. The first-order chi connectivity index (χ1) is 6.74. The van der Waals surface area contributed by atoms with E-state index in [9.17, 15) is 9.18 Å². The van der Waals surface area contributed by atoms with E-state index in [2.05, 4.69) is 10.3 Å². The Labute approximate surface area is 82.4 Å². The van der Waals surface area contributed by atoms with Gasteiger partial charge in [0.05, 0.1) is 5.56 Å². The Morgan fingerprint density at radius 2 is 2.36 bits per heavy atom. The van der Waals surface area contributed by atoms with Crippen LogP contribution in [-0.2, 0) is 0 Å². The van der Waals surface area contributed by atoms with E-state index < -0.39 is 5.95 Å². The second-order valence-corrected chi connectivity index (χ2v) is 2.98. The zero-order chi connectivity index (χ0) is 10.4. The summed E-state index contributed by atoms with van der Waals surface area (Å²) in [6.45, 7) is 2.69. The minimum atomic E-state index is -0.574. The number of hydrogen-bond acceptors (Lipinski definition) is 2. The van der Waals surface area contributed by atoms with E-state index in [0.29, 0.717) is 12.1 Å². The molecule has 0 unspecified atom stereocenters. The fourth-order valence-electron chi connectivity index (χ4n) is 0.991. The van der Waals surface area contributed by atoms with Gasteiger partial charge in [0, 0.05) is 12.7 Å². The summed E-state index contributed by atoms with van der Waals surface area (Å²) >= 11 is 0.